The third-order valence-corrected chi connectivity index (χ3v) is 4.65. The molecule has 0 aliphatic heterocycles. The normalized spacial score (nSPS) is 10.5. The fourth-order valence-corrected chi connectivity index (χ4v) is 3.06. The van der Waals surface area contributed by atoms with Crippen LogP contribution in [0.3, 0.4) is 0 Å². The number of carbonyl (C=O) groups is 1. The minimum Gasteiger partial charge on any atom is -0.497 e. The molecule has 4 rings (SSSR count). The fourth-order valence-electron chi connectivity index (χ4n) is 3.06. The summed E-state index contributed by atoms with van der Waals surface area (Å²) in [6.45, 7) is 2.00. The van der Waals surface area contributed by atoms with Crippen molar-refractivity contribution < 1.29 is 9.53 Å². The van der Waals surface area contributed by atoms with Gasteiger partial charge in [0.15, 0.2) is 0 Å². The molecule has 2 amide bonds. The number of rotatable bonds is 5. The van der Waals surface area contributed by atoms with Crippen molar-refractivity contribution in [2.45, 2.75) is 6.92 Å². The third-order valence-electron chi connectivity index (χ3n) is 4.65. The molecule has 0 radical (unpaired) electrons. The molecule has 0 aliphatic rings. The predicted octanol–water partition coefficient (Wildman–Crippen LogP) is 5.50. The van der Waals surface area contributed by atoms with Gasteiger partial charge in [-0.1, -0.05) is 48.0 Å². The van der Waals surface area contributed by atoms with Crippen molar-refractivity contribution in [3.8, 4) is 22.7 Å². The molecule has 0 atom stereocenters. The highest BCUT2D eigenvalue weighted by molar-refractivity contribution is 5.99. The Bertz CT molecular complexity index is 1130. The van der Waals surface area contributed by atoms with Crippen LogP contribution in [-0.2, 0) is 0 Å². The van der Waals surface area contributed by atoms with E-state index in [1.165, 1.54) is 0 Å². The van der Waals surface area contributed by atoms with Gasteiger partial charge in [-0.2, -0.15) is 5.10 Å². The molecular weight excluding hydrogens is 376 g/mol. The highest BCUT2D eigenvalue weighted by Gasteiger charge is 2.14. The van der Waals surface area contributed by atoms with E-state index in [4.69, 9.17) is 9.84 Å². The Labute approximate surface area is 175 Å². The van der Waals surface area contributed by atoms with Gasteiger partial charge in [0.05, 0.1) is 18.5 Å². The Balaban J connectivity index is 1.64. The smallest absolute Gasteiger partial charge is 0.324 e. The van der Waals surface area contributed by atoms with Crippen molar-refractivity contribution in [1.82, 2.24) is 9.78 Å². The summed E-state index contributed by atoms with van der Waals surface area (Å²) in [7, 11) is 1.62. The molecule has 1 aromatic heterocycles. The Morgan fingerprint density at radius 2 is 1.60 bits per heavy atom. The van der Waals surface area contributed by atoms with Gasteiger partial charge in [-0.15, -0.1) is 0 Å². The lowest BCUT2D eigenvalue weighted by atomic mass is 10.2. The van der Waals surface area contributed by atoms with E-state index in [-0.39, 0.29) is 6.03 Å². The van der Waals surface area contributed by atoms with Crippen LogP contribution in [-0.4, -0.2) is 22.9 Å². The van der Waals surface area contributed by atoms with E-state index in [0.29, 0.717) is 5.82 Å². The molecule has 1 heterocycles. The Morgan fingerprint density at radius 1 is 0.900 bits per heavy atom. The number of amides is 2. The van der Waals surface area contributed by atoms with E-state index in [1.54, 1.807) is 11.8 Å². The zero-order valence-electron chi connectivity index (χ0n) is 16.8. The molecule has 0 unspecified atom stereocenters. The number of nitrogens with zero attached hydrogens (tertiary/aromatic N) is 2. The maximum absolute atomic E-state index is 12.6. The van der Waals surface area contributed by atoms with Crippen LogP contribution >= 0.6 is 0 Å². The summed E-state index contributed by atoms with van der Waals surface area (Å²) in [5.74, 6) is 1.31. The second-order valence-corrected chi connectivity index (χ2v) is 6.84. The second-order valence-electron chi connectivity index (χ2n) is 6.84. The molecule has 0 bridgehead atoms. The number of carbonyl (C=O) groups excluding carboxylic acids is 1. The summed E-state index contributed by atoms with van der Waals surface area (Å²) >= 11 is 0. The minimum absolute atomic E-state index is 0.340. The molecule has 6 nitrogen and oxygen atoms in total. The summed E-state index contributed by atoms with van der Waals surface area (Å²) in [5.41, 5.74) is 4.38. The van der Waals surface area contributed by atoms with Crippen LogP contribution < -0.4 is 15.4 Å². The van der Waals surface area contributed by atoms with Gasteiger partial charge >= 0.3 is 6.03 Å². The predicted molar refractivity (Wildman–Crippen MR) is 119 cm³/mol. The zero-order valence-corrected chi connectivity index (χ0v) is 16.8. The molecule has 0 saturated heterocycles. The third kappa shape index (κ3) is 4.33. The first-order chi connectivity index (χ1) is 14.6. The van der Waals surface area contributed by atoms with Gasteiger partial charge in [-0.05, 0) is 43.3 Å². The molecule has 2 N–H and O–H groups in total. The van der Waals surface area contributed by atoms with Crippen molar-refractivity contribution in [1.29, 1.82) is 0 Å². The number of urea groups is 1. The molecule has 30 heavy (non-hydrogen) atoms. The number of benzene rings is 3. The molecule has 4 aromatic rings. The lowest BCUT2D eigenvalue weighted by molar-refractivity contribution is 0.262. The van der Waals surface area contributed by atoms with Crippen LogP contribution in [0.1, 0.15) is 5.56 Å². The van der Waals surface area contributed by atoms with Gasteiger partial charge in [0.25, 0.3) is 0 Å². The second kappa shape index (κ2) is 8.53. The first kappa shape index (κ1) is 19.3. The molecule has 150 valence electrons. The average Bonchev–Trinajstić information content (AvgIpc) is 3.19. The van der Waals surface area contributed by atoms with Crippen molar-refractivity contribution in [2.75, 3.05) is 17.7 Å². The maximum Gasteiger partial charge on any atom is 0.324 e. The molecular formula is C24H22N4O2. The van der Waals surface area contributed by atoms with E-state index >= 15 is 0 Å². The Morgan fingerprint density at radius 3 is 2.27 bits per heavy atom. The highest BCUT2D eigenvalue weighted by atomic mass is 16.5. The molecule has 0 fully saturated rings. The van der Waals surface area contributed by atoms with Crippen LogP contribution in [0.2, 0.25) is 0 Å². The van der Waals surface area contributed by atoms with E-state index in [1.807, 2.05) is 91.9 Å². The average molecular weight is 398 g/mol. The summed E-state index contributed by atoms with van der Waals surface area (Å²) in [5, 5.41) is 10.5. The maximum atomic E-state index is 12.6. The number of hydrogen-bond donors (Lipinski definition) is 2. The number of nitrogens with one attached hydrogen (secondary N) is 2. The number of aryl methyl sites for hydroxylation is 1. The highest BCUT2D eigenvalue weighted by Crippen LogP contribution is 2.26. The van der Waals surface area contributed by atoms with E-state index in [9.17, 15) is 4.79 Å². The van der Waals surface area contributed by atoms with Gasteiger partial charge < -0.3 is 10.1 Å². The Kier molecular flexibility index (Phi) is 5.48. The number of methoxy groups -OCH3 is 1. The monoisotopic (exact) mass is 398 g/mol. The topological polar surface area (TPSA) is 68.2 Å². The van der Waals surface area contributed by atoms with Gasteiger partial charge in [0.2, 0.25) is 0 Å². The van der Waals surface area contributed by atoms with E-state index in [2.05, 4.69) is 10.6 Å². The van der Waals surface area contributed by atoms with Gasteiger partial charge in [0.1, 0.15) is 11.6 Å². The van der Waals surface area contributed by atoms with Crippen LogP contribution in [0.15, 0.2) is 84.9 Å². The van der Waals surface area contributed by atoms with Crippen LogP contribution in [0.5, 0.6) is 5.75 Å². The van der Waals surface area contributed by atoms with Gasteiger partial charge in [0, 0.05) is 17.3 Å². The van der Waals surface area contributed by atoms with Crippen LogP contribution in [0.25, 0.3) is 16.9 Å². The quantitative estimate of drug-likeness (QED) is 0.466. The number of anilines is 2. The Hall–Kier alpha value is -4.06. The molecule has 0 aliphatic carbocycles. The van der Waals surface area contributed by atoms with Crippen molar-refractivity contribution in [2.24, 2.45) is 0 Å². The van der Waals surface area contributed by atoms with Gasteiger partial charge in [-0.25, -0.2) is 9.48 Å². The molecule has 3 aromatic carbocycles. The van der Waals surface area contributed by atoms with Crippen LogP contribution in [0, 0.1) is 6.92 Å². The van der Waals surface area contributed by atoms with E-state index < -0.39 is 0 Å². The SMILES string of the molecule is COc1ccc(-n2nc(-c3ccccc3)cc2NC(=O)Nc2ccc(C)cc2)cc1. The molecule has 0 saturated carbocycles. The largest absolute Gasteiger partial charge is 0.497 e. The lowest BCUT2D eigenvalue weighted by Gasteiger charge is -2.10. The summed E-state index contributed by atoms with van der Waals surface area (Å²) in [6.07, 6.45) is 0. The number of ether oxygens (including phenoxy) is 1. The fraction of sp³-hybridized carbons (Fsp3) is 0.0833. The summed E-state index contributed by atoms with van der Waals surface area (Å²) < 4.78 is 6.94. The standard InChI is InChI=1S/C24H22N4O2/c1-17-8-10-19(11-9-17)25-24(29)26-23-16-22(18-6-4-3-5-7-18)27-28(23)20-12-14-21(30-2)15-13-20/h3-16H,1-2H3,(H2,25,26,29). The first-order valence-corrected chi connectivity index (χ1v) is 9.57. The zero-order chi connectivity index (χ0) is 20.9. The van der Waals surface area contributed by atoms with E-state index in [0.717, 1.165) is 33.9 Å². The minimum atomic E-state index is -0.340. The number of aromatic nitrogens is 2. The van der Waals surface area contributed by atoms with Crippen molar-refractivity contribution in [3.05, 3.63) is 90.5 Å². The number of hydrogen-bond acceptors (Lipinski definition) is 3. The van der Waals surface area contributed by atoms with Gasteiger partial charge in [-0.3, -0.25) is 5.32 Å². The summed E-state index contributed by atoms with van der Waals surface area (Å²) in [4.78, 5) is 12.6. The lowest BCUT2D eigenvalue weighted by Crippen LogP contribution is -2.21. The van der Waals surface area contributed by atoms with Crippen molar-refractivity contribution in [3.63, 3.8) is 0 Å². The van der Waals surface area contributed by atoms with Crippen LogP contribution in [0.4, 0.5) is 16.3 Å². The van der Waals surface area contributed by atoms with Crippen molar-refractivity contribution >= 4 is 17.5 Å². The first-order valence-electron chi connectivity index (χ1n) is 9.57. The molecule has 6 heteroatoms. The summed E-state index contributed by atoms with van der Waals surface area (Å²) in [6, 6.07) is 26.5. The molecule has 0 spiro atoms.